The SMILES string of the molecule is C=C(C)C1CCC2(C(=O)OC3OC(COC4OC(CO)C(OC5OC(C)C(O)C(O)C5O)C(O)C4O)C(O)C(O)C3O)CCC3(C)C(CCC4C5(C)CCC(O)C(C)(C)C5CCC43C)C12C. The summed E-state index contributed by atoms with van der Waals surface area (Å²) in [6.45, 7) is 20.8. The summed E-state index contributed by atoms with van der Waals surface area (Å²) in [6.07, 6.45) is -15.9. The average Bonchev–Trinajstić information content (AvgIpc) is 3.59. The Morgan fingerprint density at radius 1 is 0.621 bits per heavy atom. The van der Waals surface area contributed by atoms with E-state index in [4.69, 9.17) is 28.4 Å². The normalized spacial score (nSPS) is 55.7. The number of ether oxygens (including phenoxy) is 6. The lowest BCUT2D eigenvalue weighted by Gasteiger charge is -2.74. The number of aliphatic hydroxyl groups excluding tert-OH is 10. The van der Waals surface area contributed by atoms with E-state index in [0.717, 1.165) is 56.9 Å². The first kappa shape index (κ1) is 51.0. The van der Waals surface area contributed by atoms with Crippen molar-refractivity contribution in [3.05, 3.63) is 12.2 Å². The molecule has 0 bridgehead atoms. The largest absolute Gasteiger partial charge is 0.432 e. The van der Waals surface area contributed by atoms with Crippen molar-refractivity contribution in [2.75, 3.05) is 13.2 Å². The maximum Gasteiger partial charge on any atom is 0.315 e. The second-order valence-corrected chi connectivity index (χ2v) is 23.5. The summed E-state index contributed by atoms with van der Waals surface area (Å²) in [4.78, 5) is 15.2. The highest BCUT2D eigenvalue weighted by Crippen LogP contribution is 2.80. The number of aliphatic hydroxyl groups is 10. The molecule has 3 heterocycles. The lowest BCUT2D eigenvalue weighted by molar-refractivity contribution is -0.361. The molecular weight excluding hydrogens is 861 g/mol. The van der Waals surface area contributed by atoms with Crippen LogP contribution in [-0.4, -0.2) is 168 Å². The highest BCUT2D eigenvalue weighted by molar-refractivity contribution is 5.79. The molecule has 25 unspecified atom stereocenters. The molecule has 5 saturated carbocycles. The fraction of sp³-hybridized carbons (Fsp3) is 0.939. The summed E-state index contributed by atoms with van der Waals surface area (Å²) in [5, 5.41) is 108. The number of carbonyl (C=O) groups excluding carboxylic acids is 1. The molecule has 25 atom stereocenters. The zero-order valence-electron chi connectivity index (χ0n) is 40.1. The quantitative estimate of drug-likeness (QED) is 0.116. The van der Waals surface area contributed by atoms with Crippen LogP contribution < -0.4 is 0 Å². The van der Waals surface area contributed by atoms with Crippen LogP contribution >= 0.6 is 0 Å². The first-order chi connectivity index (χ1) is 30.8. The van der Waals surface area contributed by atoms with Crippen LogP contribution in [-0.2, 0) is 33.2 Å². The topological polar surface area (TPSA) is 275 Å². The molecule has 17 heteroatoms. The predicted octanol–water partition coefficient (Wildman–Crippen LogP) is 1.41. The third kappa shape index (κ3) is 7.37. The zero-order valence-corrected chi connectivity index (χ0v) is 40.1. The van der Waals surface area contributed by atoms with Crippen molar-refractivity contribution in [3.63, 3.8) is 0 Å². The van der Waals surface area contributed by atoms with Crippen LogP contribution in [0.3, 0.4) is 0 Å². The Morgan fingerprint density at radius 2 is 1.23 bits per heavy atom. The number of hydrogen-bond acceptors (Lipinski definition) is 17. The molecule has 8 rings (SSSR count). The van der Waals surface area contributed by atoms with Gasteiger partial charge in [-0.15, -0.1) is 0 Å². The van der Waals surface area contributed by atoms with Gasteiger partial charge in [-0.2, -0.15) is 0 Å². The molecule has 8 aliphatic rings. The van der Waals surface area contributed by atoms with Crippen LogP contribution in [0.15, 0.2) is 12.2 Å². The van der Waals surface area contributed by atoms with E-state index >= 15 is 4.79 Å². The average molecular weight is 941 g/mol. The van der Waals surface area contributed by atoms with Crippen molar-refractivity contribution in [2.45, 2.75) is 218 Å². The summed E-state index contributed by atoms with van der Waals surface area (Å²) in [6, 6.07) is 0. The van der Waals surface area contributed by atoms with Crippen LogP contribution in [0.25, 0.3) is 0 Å². The van der Waals surface area contributed by atoms with Gasteiger partial charge in [0, 0.05) is 0 Å². The summed E-state index contributed by atoms with van der Waals surface area (Å²) in [7, 11) is 0. The maximum absolute atomic E-state index is 15.2. The smallest absolute Gasteiger partial charge is 0.315 e. The number of fused-ring (bicyclic) bond motifs is 7. The molecule has 17 nitrogen and oxygen atoms in total. The van der Waals surface area contributed by atoms with Crippen LogP contribution in [0.5, 0.6) is 0 Å². The van der Waals surface area contributed by atoms with Crippen molar-refractivity contribution < 1.29 is 84.3 Å². The Bertz CT molecular complexity index is 1800. The molecule has 5 aliphatic carbocycles. The first-order valence-electron chi connectivity index (χ1n) is 24.6. The highest BCUT2D eigenvalue weighted by atomic mass is 16.8. The molecule has 0 radical (unpaired) electrons. The van der Waals surface area contributed by atoms with Crippen molar-refractivity contribution in [3.8, 4) is 0 Å². The van der Waals surface area contributed by atoms with Gasteiger partial charge >= 0.3 is 5.97 Å². The molecule has 3 aliphatic heterocycles. The minimum atomic E-state index is -1.84. The van der Waals surface area contributed by atoms with Gasteiger partial charge in [-0.25, -0.2) is 0 Å². The van der Waals surface area contributed by atoms with E-state index in [9.17, 15) is 51.1 Å². The van der Waals surface area contributed by atoms with E-state index < -0.39 is 122 Å². The van der Waals surface area contributed by atoms with Gasteiger partial charge in [-0.05, 0) is 129 Å². The van der Waals surface area contributed by atoms with E-state index in [1.54, 1.807) is 0 Å². The van der Waals surface area contributed by atoms with Crippen LogP contribution in [0, 0.1) is 56.2 Å². The Balaban J connectivity index is 0.980. The van der Waals surface area contributed by atoms with Crippen LogP contribution in [0.1, 0.15) is 120 Å². The molecule has 0 amide bonds. The third-order valence-corrected chi connectivity index (χ3v) is 20.5. The Hall–Kier alpha value is -1.39. The number of hydrogen-bond donors (Lipinski definition) is 10. The molecule has 0 aromatic heterocycles. The number of esters is 1. The monoisotopic (exact) mass is 941 g/mol. The van der Waals surface area contributed by atoms with Gasteiger partial charge < -0.3 is 79.5 Å². The Morgan fingerprint density at radius 3 is 1.89 bits per heavy atom. The van der Waals surface area contributed by atoms with Crippen molar-refractivity contribution >= 4 is 5.97 Å². The van der Waals surface area contributed by atoms with E-state index in [1.165, 1.54) is 6.92 Å². The van der Waals surface area contributed by atoms with Crippen molar-refractivity contribution in [1.29, 1.82) is 0 Å². The summed E-state index contributed by atoms with van der Waals surface area (Å²) < 4.78 is 34.9. The van der Waals surface area contributed by atoms with Gasteiger partial charge in [0.2, 0.25) is 6.29 Å². The van der Waals surface area contributed by atoms with Gasteiger partial charge in [0.25, 0.3) is 0 Å². The third-order valence-electron chi connectivity index (χ3n) is 20.5. The van der Waals surface area contributed by atoms with E-state index in [2.05, 4.69) is 48.1 Å². The predicted molar refractivity (Wildman–Crippen MR) is 233 cm³/mol. The van der Waals surface area contributed by atoms with Crippen LogP contribution in [0.2, 0.25) is 0 Å². The molecule has 0 aromatic rings. The van der Waals surface area contributed by atoms with Gasteiger partial charge in [0.15, 0.2) is 12.6 Å². The van der Waals surface area contributed by atoms with Crippen LogP contribution in [0.4, 0.5) is 0 Å². The Labute approximate surface area is 388 Å². The molecule has 0 spiro atoms. The second kappa shape index (κ2) is 17.7. The van der Waals surface area contributed by atoms with Gasteiger partial charge in [0.05, 0.1) is 30.8 Å². The van der Waals surface area contributed by atoms with Gasteiger partial charge in [-0.3, -0.25) is 4.79 Å². The number of rotatable bonds is 9. The molecule has 378 valence electrons. The standard InChI is InChI=1S/C49H80O17/c1-22(2)24-12-17-49(19-18-47(8)29(48(24,49)9)11-10-28-45(6)15-14-30(51)44(4,5)27(45)13-16-46(28,47)7)43(60)66-42-37(58)34(55)32(53)26(64-42)21-61-40-38(59)35(56)39(25(20-50)63-40)65-41-36(57)33(54)31(52)23(3)62-41/h23-42,50-59H,1,10-21H2,2-9H3. The highest BCUT2D eigenvalue weighted by Gasteiger charge is 2.76. The summed E-state index contributed by atoms with van der Waals surface area (Å²) in [5.41, 5.74) is -0.778. The molecular formula is C49H80O17. The molecule has 66 heavy (non-hydrogen) atoms. The van der Waals surface area contributed by atoms with E-state index in [0.29, 0.717) is 24.7 Å². The van der Waals surface area contributed by atoms with E-state index in [-0.39, 0.29) is 39.6 Å². The van der Waals surface area contributed by atoms with Crippen molar-refractivity contribution in [1.82, 2.24) is 0 Å². The van der Waals surface area contributed by atoms with E-state index in [1.807, 2.05) is 6.92 Å². The molecule has 0 aromatic carbocycles. The fourth-order valence-electron chi connectivity index (χ4n) is 16.5. The number of allylic oxidation sites excluding steroid dienone is 1. The summed E-state index contributed by atoms with van der Waals surface area (Å²) >= 11 is 0. The molecule has 3 saturated heterocycles. The first-order valence-corrected chi connectivity index (χ1v) is 24.6. The molecule has 10 N–H and O–H groups in total. The Kier molecular flexibility index (Phi) is 13.7. The minimum Gasteiger partial charge on any atom is -0.432 e. The summed E-state index contributed by atoms with van der Waals surface area (Å²) in [5.74, 6) is 0.479. The van der Waals surface area contributed by atoms with Gasteiger partial charge in [0.1, 0.15) is 67.1 Å². The van der Waals surface area contributed by atoms with Gasteiger partial charge in [-0.1, -0.05) is 53.7 Å². The lowest BCUT2D eigenvalue weighted by Crippen LogP contribution is -2.69. The molecule has 8 fully saturated rings. The lowest BCUT2D eigenvalue weighted by atomic mass is 9.30. The minimum absolute atomic E-state index is 0.0181. The second-order valence-electron chi connectivity index (χ2n) is 23.5. The van der Waals surface area contributed by atoms with Crippen molar-refractivity contribution in [2.24, 2.45) is 56.2 Å². The fourth-order valence-corrected chi connectivity index (χ4v) is 16.5. The maximum atomic E-state index is 15.2. The number of carbonyl (C=O) groups is 1. The zero-order chi connectivity index (χ0) is 48.4.